The number of aliphatic hydroxyl groups is 1. The highest BCUT2D eigenvalue weighted by atomic mass is 79.9. The van der Waals surface area contributed by atoms with Gasteiger partial charge in [0, 0.05) is 40.3 Å². The summed E-state index contributed by atoms with van der Waals surface area (Å²) in [5, 5.41) is 17.7. The maximum absolute atomic E-state index is 14.0. The van der Waals surface area contributed by atoms with Gasteiger partial charge >= 0.3 is 0 Å². The summed E-state index contributed by atoms with van der Waals surface area (Å²) in [6.45, 7) is 3.94. The first-order valence-corrected chi connectivity index (χ1v) is 15.1. The van der Waals surface area contributed by atoms with E-state index < -0.39 is 23.8 Å². The van der Waals surface area contributed by atoms with Gasteiger partial charge in [0.15, 0.2) is 0 Å². The number of amides is 1. The van der Waals surface area contributed by atoms with Crippen LogP contribution in [-0.4, -0.2) is 48.2 Å². The van der Waals surface area contributed by atoms with Gasteiger partial charge < -0.3 is 20.6 Å². The number of carbonyl (C=O) groups excluding carboxylic acids is 1. The van der Waals surface area contributed by atoms with Crippen LogP contribution in [-0.2, 0) is 18.5 Å². The normalized spacial score (nSPS) is 15.2. The Morgan fingerprint density at radius 1 is 1.12 bits per heavy atom. The van der Waals surface area contributed by atoms with E-state index in [4.69, 9.17) is 6.42 Å². The van der Waals surface area contributed by atoms with Gasteiger partial charge in [0.05, 0.1) is 12.1 Å². The molecule has 0 spiro atoms. The Balaban J connectivity index is 1.52. The van der Waals surface area contributed by atoms with Gasteiger partial charge in [-0.1, -0.05) is 47.3 Å². The fourth-order valence-corrected chi connectivity index (χ4v) is 5.79. The second kappa shape index (κ2) is 14.4. The van der Waals surface area contributed by atoms with E-state index in [1.165, 1.54) is 12.1 Å². The van der Waals surface area contributed by atoms with Crippen molar-refractivity contribution in [1.29, 1.82) is 0 Å². The van der Waals surface area contributed by atoms with Crippen LogP contribution in [0.2, 0.25) is 0 Å². The Morgan fingerprint density at radius 3 is 2.52 bits per heavy atom. The molecular weight excluding hydrogens is 600 g/mol. The summed E-state index contributed by atoms with van der Waals surface area (Å²) in [4.78, 5) is 15.7. The molecule has 3 aromatic carbocycles. The lowest BCUT2D eigenvalue weighted by Crippen LogP contribution is -2.50. The third kappa shape index (κ3) is 8.71. The summed E-state index contributed by atoms with van der Waals surface area (Å²) >= 11 is 3.52. The molecule has 2 atom stereocenters. The van der Waals surface area contributed by atoms with E-state index in [0.717, 1.165) is 59.5 Å². The SMILES string of the molecule is C#Cc1cccc(C2(NC[C@H](O)[C@H](Cc3cc(F)cc(F)c3)NC(=O)c3cc(Br)cc(CN(C)CCCC)c3)CC2)c1. The highest BCUT2D eigenvalue weighted by Crippen LogP contribution is 2.45. The van der Waals surface area contributed by atoms with E-state index in [1.807, 2.05) is 43.4 Å². The van der Waals surface area contributed by atoms with Crippen LogP contribution < -0.4 is 10.6 Å². The lowest BCUT2D eigenvalue weighted by atomic mass is 9.98. The number of terminal acetylenes is 1. The Hall–Kier alpha value is -3.09. The van der Waals surface area contributed by atoms with Crippen molar-refractivity contribution in [2.75, 3.05) is 20.1 Å². The maximum atomic E-state index is 14.0. The van der Waals surface area contributed by atoms with E-state index in [1.54, 1.807) is 6.07 Å². The Bertz CT molecular complexity index is 1420. The van der Waals surface area contributed by atoms with Crippen molar-refractivity contribution < 1.29 is 18.7 Å². The second-order valence-electron chi connectivity index (χ2n) is 11.3. The predicted octanol–water partition coefficient (Wildman–Crippen LogP) is 5.92. The fourth-order valence-electron chi connectivity index (χ4n) is 5.25. The first-order chi connectivity index (χ1) is 20.1. The van der Waals surface area contributed by atoms with Crippen molar-refractivity contribution in [2.45, 2.75) is 63.3 Å². The van der Waals surface area contributed by atoms with Gasteiger partial charge in [-0.15, -0.1) is 6.42 Å². The van der Waals surface area contributed by atoms with Crippen LogP contribution in [0.25, 0.3) is 0 Å². The van der Waals surface area contributed by atoms with Crippen LogP contribution in [0.3, 0.4) is 0 Å². The van der Waals surface area contributed by atoms with Crippen LogP contribution in [0.1, 0.15) is 65.2 Å². The lowest BCUT2D eigenvalue weighted by molar-refractivity contribution is 0.0821. The molecule has 0 heterocycles. The molecule has 4 rings (SSSR count). The monoisotopic (exact) mass is 637 g/mol. The number of hydrogen-bond acceptors (Lipinski definition) is 4. The molecule has 1 aliphatic carbocycles. The van der Waals surface area contributed by atoms with Crippen molar-refractivity contribution in [3.8, 4) is 12.3 Å². The van der Waals surface area contributed by atoms with Crippen LogP contribution >= 0.6 is 15.9 Å². The third-order valence-corrected chi connectivity index (χ3v) is 8.16. The number of benzene rings is 3. The molecule has 1 aliphatic rings. The number of aliphatic hydroxyl groups excluding tert-OH is 1. The quantitative estimate of drug-likeness (QED) is 0.192. The topological polar surface area (TPSA) is 64.6 Å². The van der Waals surface area contributed by atoms with Crippen molar-refractivity contribution >= 4 is 21.8 Å². The Labute approximate surface area is 255 Å². The third-order valence-electron chi connectivity index (χ3n) is 7.71. The van der Waals surface area contributed by atoms with Gasteiger partial charge in [-0.2, -0.15) is 0 Å². The minimum atomic E-state index is -1.04. The lowest BCUT2D eigenvalue weighted by Gasteiger charge is -2.27. The number of hydrogen-bond donors (Lipinski definition) is 3. The molecule has 0 unspecified atom stereocenters. The highest BCUT2D eigenvalue weighted by Gasteiger charge is 2.44. The van der Waals surface area contributed by atoms with Crippen molar-refractivity contribution in [3.63, 3.8) is 0 Å². The molecule has 3 N–H and O–H groups in total. The summed E-state index contributed by atoms with van der Waals surface area (Å²) in [5.41, 5.74) is 3.27. The zero-order chi connectivity index (χ0) is 30.3. The molecule has 0 aromatic heterocycles. The van der Waals surface area contributed by atoms with E-state index in [-0.39, 0.29) is 24.4 Å². The highest BCUT2D eigenvalue weighted by molar-refractivity contribution is 9.10. The molecule has 1 saturated carbocycles. The first kappa shape index (κ1) is 31.8. The molecule has 1 fully saturated rings. The minimum Gasteiger partial charge on any atom is -0.390 e. The summed E-state index contributed by atoms with van der Waals surface area (Å²) < 4.78 is 28.8. The van der Waals surface area contributed by atoms with Crippen molar-refractivity contribution in [1.82, 2.24) is 15.5 Å². The van der Waals surface area contributed by atoms with Crippen LogP contribution in [0.5, 0.6) is 0 Å². The zero-order valence-corrected chi connectivity index (χ0v) is 25.7. The standard InChI is InChI=1S/C34H38BrF2N3O2/c1-4-6-12-40(3)22-25-13-26(19-28(35)15-25)33(42)39-31(18-24-16-29(36)20-30(37)17-24)32(41)21-38-34(10-11-34)27-9-7-8-23(5-2)14-27/h2,7-9,13-17,19-20,31-32,38,41H,4,6,10-12,18,21-22H2,1,3H3,(H,39,42)/t31-,32-/m0/s1. The molecule has 0 aliphatic heterocycles. The summed E-state index contributed by atoms with van der Waals surface area (Å²) in [7, 11) is 2.04. The van der Waals surface area contributed by atoms with Gasteiger partial charge in [0.25, 0.3) is 5.91 Å². The molecule has 0 saturated heterocycles. The number of halogens is 3. The Kier molecular flexibility index (Phi) is 10.9. The molecule has 222 valence electrons. The molecule has 8 heteroatoms. The van der Waals surface area contributed by atoms with Gasteiger partial charge in [0.2, 0.25) is 0 Å². The summed E-state index contributed by atoms with van der Waals surface area (Å²) in [5.74, 6) is 0.859. The summed E-state index contributed by atoms with van der Waals surface area (Å²) in [6.07, 6.45) is 8.54. The molecular formula is C34H38BrF2N3O2. The molecule has 1 amide bonds. The maximum Gasteiger partial charge on any atom is 0.251 e. The van der Waals surface area contributed by atoms with Gasteiger partial charge in [-0.3, -0.25) is 4.79 Å². The van der Waals surface area contributed by atoms with E-state index in [0.29, 0.717) is 17.7 Å². The van der Waals surface area contributed by atoms with E-state index in [2.05, 4.69) is 44.3 Å². The van der Waals surface area contributed by atoms with Crippen LogP contribution in [0.15, 0.2) is 65.1 Å². The molecule has 3 aromatic rings. The van der Waals surface area contributed by atoms with Crippen LogP contribution in [0.4, 0.5) is 8.78 Å². The van der Waals surface area contributed by atoms with Gasteiger partial charge in [0.1, 0.15) is 11.6 Å². The minimum absolute atomic E-state index is 0.0451. The number of nitrogens with one attached hydrogen (secondary N) is 2. The predicted molar refractivity (Wildman–Crippen MR) is 166 cm³/mol. The van der Waals surface area contributed by atoms with Crippen molar-refractivity contribution in [3.05, 3.63) is 105 Å². The van der Waals surface area contributed by atoms with E-state index in [9.17, 15) is 18.7 Å². The van der Waals surface area contributed by atoms with Crippen LogP contribution in [0, 0.1) is 24.0 Å². The fraction of sp³-hybridized carbons (Fsp3) is 0.382. The average Bonchev–Trinajstić information content (AvgIpc) is 3.75. The number of carbonyl (C=O) groups is 1. The van der Waals surface area contributed by atoms with Crippen molar-refractivity contribution in [2.24, 2.45) is 0 Å². The van der Waals surface area contributed by atoms with E-state index >= 15 is 0 Å². The molecule has 0 bridgehead atoms. The Morgan fingerprint density at radius 2 is 1.86 bits per heavy atom. The first-order valence-electron chi connectivity index (χ1n) is 14.3. The zero-order valence-electron chi connectivity index (χ0n) is 24.1. The molecule has 0 radical (unpaired) electrons. The second-order valence-corrected chi connectivity index (χ2v) is 12.2. The summed E-state index contributed by atoms with van der Waals surface area (Å²) in [6, 6.07) is 15.7. The van der Waals surface area contributed by atoms with Gasteiger partial charge in [-0.25, -0.2) is 8.78 Å². The molecule has 5 nitrogen and oxygen atoms in total. The largest absolute Gasteiger partial charge is 0.390 e. The number of nitrogens with zero attached hydrogens (tertiary/aromatic N) is 1. The number of unbranched alkanes of at least 4 members (excludes halogenated alkanes) is 1. The smallest absolute Gasteiger partial charge is 0.251 e. The average molecular weight is 639 g/mol. The number of rotatable bonds is 14. The molecule has 42 heavy (non-hydrogen) atoms. The van der Waals surface area contributed by atoms with Gasteiger partial charge in [-0.05, 0) is 98.4 Å².